The van der Waals surface area contributed by atoms with Gasteiger partial charge >= 0.3 is 0 Å². The average Bonchev–Trinajstić information content (AvgIpc) is 2.20. The molecule has 2 N–H and O–H groups in total. The van der Waals surface area contributed by atoms with Gasteiger partial charge in [0.1, 0.15) is 5.03 Å². The molecule has 0 aliphatic heterocycles. The minimum atomic E-state index is 0.791. The number of rotatable bonds is 2. The van der Waals surface area contributed by atoms with Gasteiger partial charge in [0.15, 0.2) is 0 Å². The van der Waals surface area contributed by atoms with Crippen LogP contribution in [0.3, 0.4) is 0 Å². The molecule has 2 nitrogen and oxygen atoms in total. The summed E-state index contributed by atoms with van der Waals surface area (Å²) in [7, 11) is 0. The smallest absolute Gasteiger partial charge is 0.101 e. The van der Waals surface area contributed by atoms with Crippen molar-refractivity contribution in [3.05, 3.63) is 46.6 Å². The van der Waals surface area contributed by atoms with Crippen molar-refractivity contribution in [2.75, 3.05) is 5.73 Å². The third kappa shape index (κ3) is 3.00. The van der Waals surface area contributed by atoms with Crippen LogP contribution in [0.25, 0.3) is 0 Å². The van der Waals surface area contributed by atoms with Gasteiger partial charge in [0.2, 0.25) is 0 Å². The quantitative estimate of drug-likeness (QED) is 0.854. The number of anilines is 1. The molecule has 0 amide bonds. The number of nitrogens with zero attached hydrogens (tertiary/aromatic N) is 1. The summed E-state index contributed by atoms with van der Waals surface area (Å²) < 4.78 is 0.987. The van der Waals surface area contributed by atoms with E-state index in [0.717, 1.165) is 20.1 Å². The fourth-order valence-corrected chi connectivity index (χ4v) is 2.54. The number of hydrogen-bond acceptors (Lipinski definition) is 3. The number of halogens is 1. The Labute approximate surface area is 107 Å². The van der Waals surface area contributed by atoms with E-state index >= 15 is 0 Å². The molecule has 0 bridgehead atoms. The van der Waals surface area contributed by atoms with Gasteiger partial charge in [-0.25, -0.2) is 4.98 Å². The average molecular weight is 295 g/mol. The molecule has 0 fully saturated rings. The number of benzene rings is 1. The Kier molecular flexibility index (Phi) is 3.51. The van der Waals surface area contributed by atoms with Gasteiger partial charge < -0.3 is 5.73 Å². The van der Waals surface area contributed by atoms with Gasteiger partial charge in [0.25, 0.3) is 0 Å². The van der Waals surface area contributed by atoms with Crippen molar-refractivity contribution in [1.29, 1.82) is 0 Å². The molecule has 1 aromatic carbocycles. The van der Waals surface area contributed by atoms with E-state index in [0.29, 0.717) is 0 Å². The highest BCUT2D eigenvalue weighted by Crippen LogP contribution is 2.28. The molecule has 0 saturated heterocycles. The Balaban J connectivity index is 2.23. The molecule has 82 valence electrons. The lowest BCUT2D eigenvalue weighted by molar-refractivity contribution is 1.12. The largest absolute Gasteiger partial charge is 0.399 e. The second kappa shape index (κ2) is 4.89. The maximum Gasteiger partial charge on any atom is 0.101 e. The molecular formula is C12H11BrN2S. The number of hydrogen-bond donors (Lipinski definition) is 1. The van der Waals surface area contributed by atoms with Crippen molar-refractivity contribution in [2.24, 2.45) is 0 Å². The fourth-order valence-electron chi connectivity index (χ4n) is 1.38. The topological polar surface area (TPSA) is 38.9 Å². The molecule has 4 heteroatoms. The van der Waals surface area contributed by atoms with E-state index in [9.17, 15) is 0 Å². The molecule has 1 aromatic heterocycles. The standard InChI is InChI=1S/C12H11BrN2S/c1-8-4-10(14)6-11(5-8)16-12-3-2-9(13)7-15-12/h2-7H,14H2,1H3. The molecule has 0 atom stereocenters. The predicted molar refractivity (Wildman–Crippen MR) is 71.7 cm³/mol. The van der Waals surface area contributed by atoms with Gasteiger partial charge in [-0.2, -0.15) is 0 Å². The first-order valence-corrected chi connectivity index (χ1v) is 6.41. The van der Waals surface area contributed by atoms with E-state index in [2.05, 4.69) is 27.0 Å². The second-order valence-corrected chi connectivity index (χ2v) is 5.51. The van der Waals surface area contributed by atoms with Gasteiger partial charge in [-0.3, -0.25) is 0 Å². The normalized spacial score (nSPS) is 10.4. The van der Waals surface area contributed by atoms with E-state index in [-0.39, 0.29) is 0 Å². The third-order valence-corrected chi connectivity index (χ3v) is 3.39. The molecule has 2 rings (SSSR count). The van der Waals surface area contributed by atoms with E-state index in [1.54, 1.807) is 18.0 Å². The van der Waals surface area contributed by atoms with Crippen molar-refractivity contribution < 1.29 is 0 Å². The number of pyridine rings is 1. The van der Waals surface area contributed by atoms with Crippen LogP contribution in [0.4, 0.5) is 5.69 Å². The van der Waals surface area contributed by atoms with Crippen molar-refractivity contribution in [2.45, 2.75) is 16.8 Å². The number of nitrogen functional groups attached to an aromatic ring is 1. The zero-order valence-corrected chi connectivity index (χ0v) is 11.2. The lowest BCUT2D eigenvalue weighted by Gasteiger charge is -2.04. The summed E-state index contributed by atoms with van der Waals surface area (Å²) in [6, 6.07) is 9.98. The maximum atomic E-state index is 5.80. The molecule has 0 aliphatic rings. The summed E-state index contributed by atoms with van der Waals surface area (Å²) >= 11 is 4.98. The van der Waals surface area contributed by atoms with E-state index in [4.69, 9.17) is 5.73 Å². The van der Waals surface area contributed by atoms with Crippen LogP contribution in [0.15, 0.2) is 50.9 Å². The Bertz CT molecular complexity index is 477. The van der Waals surface area contributed by atoms with Crippen LogP contribution in [0.2, 0.25) is 0 Å². The fraction of sp³-hybridized carbons (Fsp3) is 0.0833. The van der Waals surface area contributed by atoms with E-state index in [1.165, 1.54) is 5.56 Å². The van der Waals surface area contributed by atoms with Gasteiger partial charge in [-0.05, 0) is 58.7 Å². The highest BCUT2D eigenvalue weighted by Gasteiger charge is 2.00. The Morgan fingerprint density at radius 3 is 2.69 bits per heavy atom. The molecule has 0 unspecified atom stereocenters. The first-order chi connectivity index (χ1) is 7.63. The van der Waals surface area contributed by atoms with Crippen molar-refractivity contribution in [1.82, 2.24) is 4.98 Å². The van der Waals surface area contributed by atoms with Crippen LogP contribution in [-0.2, 0) is 0 Å². The summed E-state index contributed by atoms with van der Waals surface area (Å²) in [5.41, 5.74) is 7.75. The lowest BCUT2D eigenvalue weighted by atomic mass is 10.2. The van der Waals surface area contributed by atoms with Crippen molar-refractivity contribution in [3.63, 3.8) is 0 Å². The first-order valence-electron chi connectivity index (χ1n) is 4.80. The Morgan fingerprint density at radius 2 is 2.06 bits per heavy atom. The zero-order valence-electron chi connectivity index (χ0n) is 8.77. The highest BCUT2D eigenvalue weighted by atomic mass is 79.9. The monoisotopic (exact) mass is 294 g/mol. The van der Waals surface area contributed by atoms with Crippen molar-refractivity contribution >= 4 is 33.4 Å². The molecule has 0 spiro atoms. The summed E-state index contributed by atoms with van der Waals surface area (Å²) in [6.45, 7) is 2.04. The summed E-state index contributed by atoms with van der Waals surface area (Å²) in [5, 5.41) is 0.966. The van der Waals surface area contributed by atoms with Crippen molar-refractivity contribution in [3.8, 4) is 0 Å². The minimum Gasteiger partial charge on any atom is -0.399 e. The summed E-state index contributed by atoms with van der Waals surface area (Å²) in [5.74, 6) is 0. The Morgan fingerprint density at radius 1 is 1.25 bits per heavy atom. The predicted octanol–water partition coefficient (Wildman–Crippen LogP) is 3.89. The lowest BCUT2D eigenvalue weighted by Crippen LogP contribution is -1.87. The third-order valence-electron chi connectivity index (χ3n) is 2.00. The van der Waals surface area contributed by atoms with E-state index < -0.39 is 0 Å². The van der Waals surface area contributed by atoms with Gasteiger partial charge in [0, 0.05) is 21.3 Å². The van der Waals surface area contributed by atoms with Crippen LogP contribution >= 0.6 is 27.7 Å². The van der Waals surface area contributed by atoms with E-state index in [1.807, 2.05) is 31.2 Å². The van der Waals surface area contributed by atoms with Crippen LogP contribution in [0.1, 0.15) is 5.56 Å². The minimum absolute atomic E-state index is 0.791. The molecule has 1 heterocycles. The summed E-state index contributed by atoms with van der Waals surface area (Å²) in [4.78, 5) is 5.43. The van der Waals surface area contributed by atoms with Gasteiger partial charge in [0.05, 0.1) is 0 Å². The SMILES string of the molecule is Cc1cc(N)cc(Sc2ccc(Br)cn2)c1. The highest BCUT2D eigenvalue weighted by molar-refractivity contribution is 9.10. The molecule has 2 aromatic rings. The van der Waals surface area contributed by atoms with Gasteiger partial charge in [-0.1, -0.05) is 11.8 Å². The van der Waals surface area contributed by atoms with Crippen LogP contribution in [-0.4, -0.2) is 4.98 Å². The molecule has 0 saturated carbocycles. The zero-order chi connectivity index (χ0) is 11.5. The van der Waals surface area contributed by atoms with Crippen LogP contribution < -0.4 is 5.73 Å². The first kappa shape index (κ1) is 11.5. The van der Waals surface area contributed by atoms with Gasteiger partial charge in [-0.15, -0.1) is 0 Å². The molecule has 0 aliphatic carbocycles. The molecule has 16 heavy (non-hydrogen) atoms. The number of aryl methyl sites for hydroxylation is 1. The molecule has 0 radical (unpaired) electrons. The van der Waals surface area contributed by atoms with Crippen LogP contribution in [0, 0.1) is 6.92 Å². The number of nitrogens with two attached hydrogens (primary N) is 1. The Hall–Kier alpha value is -1.00. The van der Waals surface area contributed by atoms with Crippen LogP contribution in [0.5, 0.6) is 0 Å². The second-order valence-electron chi connectivity index (χ2n) is 3.50. The summed E-state index contributed by atoms with van der Waals surface area (Å²) in [6.07, 6.45) is 1.79. The number of aromatic nitrogens is 1. The molecular weight excluding hydrogens is 284 g/mol. The maximum absolute atomic E-state index is 5.80.